The highest BCUT2D eigenvalue weighted by molar-refractivity contribution is 8.18. The molecule has 0 spiro atoms. The number of fused-ring (bicyclic) bond motifs is 1. The van der Waals surface area contributed by atoms with Gasteiger partial charge in [-0.3, -0.25) is 14.9 Å². The van der Waals surface area contributed by atoms with E-state index in [1.54, 1.807) is 12.1 Å². The Hall–Kier alpha value is -2.53. The monoisotopic (exact) mass is 421 g/mol. The van der Waals surface area contributed by atoms with Crippen LogP contribution >= 0.6 is 11.8 Å². The summed E-state index contributed by atoms with van der Waals surface area (Å²) < 4.78 is 0. The second-order valence-electron chi connectivity index (χ2n) is 9.61. The zero-order chi connectivity index (χ0) is 21.8. The largest absolute Gasteiger partial charge is 0.507 e. The molecular weight excluding hydrogens is 394 g/mol. The maximum absolute atomic E-state index is 11.8. The van der Waals surface area contributed by atoms with Crippen molar-refractivity contribution in [1.82, 2.24) is 5.32 Å². The van der Waals surface area contributed by atoms with Crippen molar-refractivity contribution in [3.63, 3.8) is 0 Å². The molecule has 2 N–H and O–H groups in total. The van der Waals surface area contributed by atoms with Gasteiger partial charge >= 0.3 is 0 Å². The van der Waals surface area contributed by atoms with Crippen LogP contribution in [0.5, 0.6) is 5.75 Å². The van der Waals surface area contributed by atoms with Crippen LogP contribution in [0.1, 0.15) is 62.8 Å². The smallest absolute Gasteiger partial charge is 0.290 e. The van der Waals surface area contributed by atoms with Gasteiger partial charge < -0.3 is 5.11 Å². The number of carbonyl (C=O) groups is 2. The van der Waals surface area contributed by atoms with E-state index in [0.717, 1.165) is 41.3 Å². The molecule has 2 aliphatic rings. The molecule has 1 fully saturated rings. The van der Waals surface area contributed by atoms with E-state index in [2.05, 4.69) is 52.1 Å². The molecule has 1 heterocycles. The minimum absolute atomic E-state index is 0.0902. The summed E-state index contributed by atoms with van der Waals surface area (Å²) in [6, 6.07) is 9.93. The number of amides is 2. The van der Waals surface area contributed by atoms with Gasteiger partial charge in [-0.25, -0.2) is 0 Å². The van der Waals surface area contributed by atoms with Gasteiger partial charge in [-0.05, 0) is 88.4 Å². The molecule has 2 amide bonds. The summed E-state index contributed by atoms with van der Waals surface area (Å²) in [5.74, 6) is -0.237. The molecule has 4 nitrogen and oxygen atoms in total. The molecule has 1 aliphatic heterocycles. The standard InChI is InChI=1S/C25H27NO3S/c1-14-10-18-19(25(4,5)9-8-24(18,2)3)13-17(14)16-7-6-15(11-20(16)27)12-21-22(28)26-23(29)30-21/h6-7,10-13,27H,8-9H2,1-5H3,(H,26,28,29)/b21-12-. The molecule has 0 bridgehead atoms. The number of aryl methyl sites for hydroxylation is 1. The fraction of sp³-hybridized carbons (Fsp3) is 0.360. The van der Waals surface area contributed by atoms with Crippen LogP contribution in [0, 0.1) is 6.92 Å². The Kier molecular flexibility index (Phi) is 4.85. The summed E-state index contributed by atoms with van der Waals surface area (Å²) in [5.41, 5.74) is 6.60. The minimum Gasteiger partial charge on any atom is -0.507 e. The first-order valence-electron chi connectivity index (χ1n) is 10.2. The Bertz CT molecular complexity index is 1110. The van der Waals surface area contributed by atoms with E-state index in [-0.39, 0.29) is 21.8 Å². The molecular formula is C25H27NO3S. The SMILES string of the molecule is Cc1cc2c(cc1-c1ccc(/C=C3\SC(=O)NC3=O)cc1O)C(C)(C)CCC2(C)C. The first-order chi connectivity index (χ1) is 14.0. The number of nitrogens with one attached hydrogen (secondary N) is 1. The van der Waals surface area contributed by atoms with E-state index in [9.17, 15) is 14.7 Å². The Morgan fingerprint density at radius 1 is 0.967 bits per heavy atom. The first kappa shape index (κ1) is 20.7. The zero-order valence-electron chi connectivity index (χ0n) is 18.1. The van der Waals surface area contributed by atoms with Crippen molar-refractivity contribution in [3.8, 4) is 16.9 Å². The molecule has 0 unspecified atom stereocenters. The van der Waals surface area contributed by atoms with Crippen LogP contribution in [0.15, 0.2) is 35.2 Å². The summed E-state index contributed by atoms with van der Waals surface area (Å²) in [7, 11) is 0. The lowest BCUT2D eigenvalue weighted by molar-refractivity contribution is -0.115. The summed E-state index contributed by atoms with van der Waals surface area (Å²) in [5, 5.41) is 12.7. The van der Waals surface area contributed by atoms with Crippen molar-refractivity contribution in [2.24, 2.45) is 0 Å². The van der Waals surface area contributed by atoms with E-state index in [4.69, 9.17) is 0 Å². The topological polar surface area (TPSA) is 66.4 Å². The Labute approximate surface area is 181 Å². The Morgan fingerprint density at radius 3 is 2.17 bits per heavy atom. The van der Waals surface area contributed by atoms with Gasteiger partial charge in [0.15, 0.2) is 0 Å². The predicted octanol–water partition coefficient (Wildman–Crippen LogP) is 6.04. The number of imide groups is 1. The quantitative estimate of drug-likeness (QED) is 0.580. The molecule has 4 rings (SSSR count). The second-order valence-corrected chi connectivity index (χ2v) is 10.6. The van der Waals surface area contributed by atoms with Crippen LogP contribution in [0.4, 0.5) is 4.79 Å². The Balaban J connectivity index is 1.77. The van der Waals surface area contributed by atoms with Gasteiger partial charge in [-0.15, -0.1) is 0 Å². The van der Waals surface area contributed by atoms with Crippen LogP contribution in [0.3, 0.4) is 0 Å². The van der Waals surface area contributed by atoms with Crippen molar-refractivity contribution in [3.05, 3.63) is 57.5 Å². The second kappa shape index (κ2) is 7.02. The minimum atomic E-state index is -0.399. The highest BCUT2D eigenvalue weighted by atomic mass is 32.2. The van der Waals surface area contributed by atoms with Crippen molar-refractivity contribution < 1.29 is 14.7 Å². The van der Waals surface area contributed by atoms with Crippen LogP contribution in [-0.4, -0.2) is 16.3 Å². The van der Waals surface area contributed by atoms with Gasteiger partial charge in [0.25, 0.3) is 11.1 Å². The highest BCUT2D eigenvalue weighted by Gasteiger charge is 2.37. The fourth-order valence-electron chi connectivity index (χ4n) is 4.45. The number of aromatic hydroxyl groups is 1. The van der Waals surface area contributed by atoms with Crippen molar-refractivity contribution >= 4 is 29.0 Å². The van der Waals surface area contributed by atoms with E-state index in [0.29, 0.717) is 10.5 Å². The number of benzene rings is 2. The van der Waals surface area contributed by atoms with Gasteiger partial charge in [-0.1, -0.05) is 45.9 Å². The summed E-state index contributed by atoms with van der Waals surface area (Å²) in [4.78, 5) is 23.5. The molecule has 2 aromatic carbocycles. The average molecular weight is 422 g/mol. The molecule has 2 aromatic rings. The molecule has 5 heteroatoms. The average Bonchev–Trinajstić information content (AvgIpc) is 2.96. The number of hydrogen-bond donors (Lipinski definition) is 2. The van der Waals surface area contributed by atoms with Gasteiger partial charge in [0.05, 0.1) is 4.91 Å². The molecule has 0 atom stereocenters. The molecule has 0 radical (unpaired) electrons. The van der Waals surface area contributed by atoms with Crippen molar-refractivity contribution in [1.29, 1.82) is 0 Å². The molecule has 1 aliphatic carbocycles. The molecule has 30 heavy (non-hydrogen) atoms. The first-order valence-corrected chi connectivity index (χ1v) is 11.0. The normalized spacial score (nSPS) is 20.9. The van der Waals surface area contributed by atoms with E-state index in [1.807, 2.05) is 12.1 Å². The van der Waals surface area contributed by atoms with Crippen molar-refractivity contribution in [2.75, 3.05) is 0 Å². The predicted molar refractivity (Wildman–Crippen MR) is 123 cm³/mol. The number of phenols is 1. The van der Waals surface area contributed by atoms with Crippen LogP contribution < -0.4 is 5.32 Å². The van der Waals surface area contributed by atoms with E-state index >= 15 is 0 Å². The fourth-order valence-corrected chi connectivity index (χ4v) is 5.13. The molecule has 156 valence electrons. The third-order valence-electron chi connectivity index (χ3n) is 6.45. The lowest BCUT2D eigenvalue weighted by Crippen LogP contribution is -2.34. The third-order valence-corrected chi connectivity index (χ3v) is 7.26. The molecule has 0 aromatic heterocycles. The number of thioether (sulfide) groups is 1. The Morgan fingerprint density at radius 2 is 1.60 bits per heavy atom. The van der Waals surface area contributed by atoms with Crippen LogP contribution in [-0.2, 0) is 15.6 Å². The van der Waals surface area contributed by atoms with Gasteiger partial charge in [0.2, 0.25) is 0 Å². The maximum atomic E-state index is 11.8. The number of carbonyl (C=O) groups excluding carboxylic acids is 2. The highest BCUT2D eigenvalue weighted by Crippen LogP contribution is 2.48. The van der Waals surface area contributed by atoms with E-state index < -0.39 is 5.91 Å². The van der Waals surface area contributed by atoms with Crippen LogP contribution in [0.25, 0.3) is 17.2 Å². The lowest BCUT2D eigenvalue weighted by Gasteiger charge is -2.42. The number of hydrogen-bond acceptors (Lipinski definition) is 4. The number of phenolic OH excluding ortho intramolecular Hbond substituents is 1. The van der Waals surface area contributed by atoms with Gasteiger partial charge in [0, 0.05) is 5.56 Å². The molecule has 1 saturated heterocycles. The van der Waals surface area contributed by atoms with Gasteiger partial charge in [-0.2, -0.15) is 0 Å². The molecule has 0 saturated carbocycles. The zero-order valence-corrected chi connectivity index (χ0v) is 18.9. The summed E-state index contributed by atoms with van der Waals surface area (Å²) >= 11 is 0.872. The summed E-state index contributed by atoms with van der Waals surface area (Å²) in [6.07, 6.45) is 3.92. The summed E-state index contributed by atoms with van der Waals surface area (Å²) in [6.45, 7) is 11.3. The number of rotatable bonds is 2. The maximum Gasteiger partial charge on any atom is 0.290 e. The van der Waals surface area contributed by atoms with Gasteiger partial charge in [0.1, 0.15) is 5.75 Å². The lowest BCUT2D eigenvalue weighted by atomic mass is 9.62. The van der Waals surface area contributed by atoms with E-state index in [1.165, 1.54) is 11.1 Å². The van der Waals surface area contributed by atoms with Crippen LogP contribution in [0.2, 0.25) is 0 Å². The third kappa shape index (κ3) is 3.56. The van der Waals surface area contributed by atoms with Crippen molar-refractivity contribution in [2.45, 2.75) is 58.3 Å².